The Morgan fingerprint density at radius 1 is 0.339 bits per heavy atom. The van der Waals surface area contributed by atoms with Gasteiger partial charge in [-0.25, -0.2) is 29.9 Å². The van der Waals surface area contributed by atoms with E-state index in [2.05, 4.69) is 9.97 Å². The summed E-state index contributed by atoms with van der Waals surface area (Å²) in [7, 11) is 0. The van der Waals surface area contributed by atoms with Gasteiger partial charge in [-0.05, 0) is 85.6 Å². The number of H-pyrrole nitrogens is 2. The number of nitrogens with one attached hydrogen (secondary N) is 2. The molecule has 0 radical (unpaired) electrons. The van der Waals surface area contributed by atoms with E-state index in [9.17, 15) is 0 Å². The standard InChI is InChI=1S/C46H30N8O2/c1-25-9-7-11-27(21-25)55-29-17-19-35-37(23-29)46-52-43(35)50-41-32-14-4-3-13-31(32)39(48-41)47-40-33-15-5-6-16-34(33)42(49-40)51-45-38-24-30(18-20-36(38)44(53-45)54-46)56-28-12-8-10-26(2)22-28/h3-24H,1-2H3,(H2,47,48,49,50,51,52,53,54). The number of aromatic amines is 2. The first kappa shape index (κ1) is 31.8. The summed E-state index contributed by atoms with van der Waals surface area (Å²) < 4.78 is 12.7. The summed E-state index contributed by atoms with van der Waals surface area (Å²) in [6.45, 7) is 4.08. The molecule has 10 nitrogen and oxygen atoms in total. The Balaban J connectivity index is 1.21. The third kappa shape index (κ3) is 5.42. The minimum Gasteiger partial charge on any atom is -0.457 e. The van der Waals surface area contributed by atoms with Crippen molar-refractivity contribution in [2.75, 3.05) is 0 Å². The molecule has 0 spiro atoms. The number of hydrogen-bond donors (Lipinski definition) is 2. The van der Waals surface area contributed by atoms with Crippen LogP contribution in [0.5, 0.6) is 23.0 Å². The normalized spacial score (nSPS) is 11.8. The first-order valence-electron chi connectivity index (χ1n) is 18.3. The third-order valence-electron chi connectivity index (χ3n) is 10.0. The smallest absolute Gasteiger partial charge is 0.164 e. The molecule has 0 unspecified atom stereocenters. The summed E-state index contributed by atoms with van der Waals surface area (Å²) >= 11 is 0. The number of rotatable bonds is 4. The number of aryl methyl sites for hydroxylation is 2. The fourth-order valence-corrected chi connectivity index (χ4v) is 7.41. The first-order chi connectivity index (χ1) is 27.5. The molecule has 266 valence electrons. The topological polar surface area (TPSA) is 127 Å². The zero-order valence-electron chi connectivity index (χ0n) is 30.2. The average molecular weight is 727 g/mol. The van der Waals surface area contributed by atoms with E-state index in [1.54, 1.807) is 0 Å². The van der Waals surface area contributed by atoms with Gasteiger partial charge in [0.15, 0.2) is 23.3 Å². The zero-order chi connectivity index (χ0) is 37.3. The van der Waals surface area contributed by atoms with E-state index in [4.69, 9.17) is 39.4 Å². The molecule has 2 aliphatic rings. The number of hydrogen-bond acceptors (Lipinski definition) is 8. The van der Waals surface area contributed by atoms with Crippen LogP contribution in [0.1, 0.15) is 11.1 Å². The van der Waals surface area contributed by atoms with E-state index < -0.39 is 0 Å². The van der Waals surface area contributed by atoms with Gasteiger partial charge in [0.05, 0.1) is 0 Å². The van der Waals surface area contributed by atoms with Crippen LogP contribution in [0.3, 0.4) is 0 Å². The third-order valence-corrected chi connectivity index (χ3v) is 10.0. The van der Waals surface area contributed by atoms with Crippen LogP contribution in [0.15, 0.2) is 133 Å². The lowest BCUT2D eigenvalue weighted by atomic mass is 10.1. The summed E-state index contributed by atoms with van der Waals surface area (Å²) in [4.78, 5) is 37.7. The van der Waals surface area contributed by atoms with E-state index in [0.29, 0.717) is 57.4 Å². The second-order valence-electron chi connectivity index (χ2n) is 14.0. The van der Waals surface area contributed by atoms with Crippen molar-refractivity contribution >= 4 is 44.1 Å². The summed E-state index contributed by atoms with van der Waals surface area (Å²) in [5, 5.41) is 3.48. The lowest BCUT2D eigenvalue weighted by molar-refractivity contribution is 0.482. The molecule has 3 aromatic heterocycles. The lowest BCUT2D eigenvalue weighted by Gasteiger charge is -2.08. The molecule has 0 fully saturated rings. The van der Waals surface area contributed by atoms with Gasteiger partial charge >= 0.3 is 0 Å². The molecule has 6 aromatic carbocycles. The van der Waals surface area contributed by atoms with Crippen molar-refractivity contribution in [2.24, 2.45) is 0 Å². The average Bonchev–Trinajstić information content (AvgIpc) is 3.93. The Morgan fingerprint density at radius 3 is 1.32 bits per heavy atom. The Bertz CT molecular complexity index is 3260. The maximum atomic E-state index is 6.35. The Hall–Kier alpha value is -7.72. The molecule has 2 aliphatic heterocycles. The molecule has 0 saturated carbocycles. The molecule has 0 amide bonds. The SMILES string of the molecule is Cc1cccc(Oc2ccc3c(c2)-c2nc-3nc3[nH]c(nc4nc(nc5[nH]c(n2)c2ccc(Oc6cccc(C)c6)cc52)-c2ccccc2-4)c2ccccc32)c1. The molecule has 0 aliphatic carbocycles. The van der Waals surface area contributed by atoms with Gasteiger partial charge in [-0.2, -0.15) is 0 Å². The molecule has 0 saturated heterocycles. The highest BCUT2D eigenvalue weighted by atomic mass is 16.5. The zero-order valence-corrected chi connectivity index (χ0v) is 30.2. The second kappa shape index (κ2) is 12.4. The van der Waals surface area contributed by atoms with Gasteiger partial charge < -0.3 is 19.4 Å². The van der Waals surface area contributed by atoms with Crippen LogP contribution in [0.2, 0.25) is 0 Å². The summed E-state index contributed by atoms with van der Waals surface area (Å²) in [6.07, 6.45) is 0. The van der Waals surface area contributed by atoms with Crippen LogP contribution >= 0.6 is 0 Å². The summed E-state index contributed by atoms with van der Waals surface area (Å²) in [5.41, 5.74) is 8.01. The Morgan fingerprint density at radius 2 is 0.768 bits per heavy atom. The van der Waals surface area contributed by atoms with Crippen molar-refractivity contribution in [3.63, 3.8) is 0 Å². The van der Waals surface area contributed by atoms with Crippen molar-refractivity contribution < 1.29 is 9.47 Å². The van der Waals surface area contributed by atoms with Crippen LogP contribution in [0, 0.1) is 13.8 Å². The van der Waals surface area contributed by atoms with Crippen LogP contribution in [-0.4, -0.2) is 39.9 Å². The minimum atomic E-state index is 0.482. The lowest BCUT2D eigenvalue weighted by Crippen LogP contribution is -1.87. The number of ether oxygens (including phenoxy) is 2. The first-order valence-corrected chi connectivity index (χ1v) is 18.3. The van der Waals surface area contributed by atoms with Gasteiger partial charge in [0, 0.05) is 43.8 Å². The highest BCUT2D eigenvalue weighted by Gasteiger charge is 2.23. The molecular formula is C46H30N8O2. The largest absolute Gasteiger partial charge is 0.457 e. The number of benzene rings is 6. The molecule has 56 heavy (non-hydrogen) atoms. The maximum absolute atomic E-state index is 6.35. The van der Waals surface area contributed by atoms with E-state index in [1.165, 1.54) is 0 Å². The summed E-state index contributed by atoms with van der Waals surface area (Å²) in [5.74, 6) is 4.89. The minimum absolute atomic E-state index is 0.482. The number of nitrogens with zero attached hydrogens (tertiary/aromatic N) is 6. The summed E-state index contributed by atoms with van der Waals surface area (Å²) in [6, 6.07) is 43.8. The predicted molar refractivity (Wildman–Crippen MR) is 219 cm³/mol. The molecule has 0 atom stereocenters. The molecule has 11 rings (SSSR count). The second-order valence-corrected chi connectivity index (χ2v) is 14.0. The van der Waals surface area contributed by atoms with Gasteiger partial charge in [0.2, 0.25) is 0 Å². The van der Waals surface area contributed by atoms with Gasteiger partial charge in [-0.15, -0.1) is 0 Å². The van der Waals surface area contributed by atoms with Crippen molar-refractivity contribution in [2.45, 2.75) is 13.8 Å². The van der Waals surface area contributed by atoms with E-state index in [1.807, 2.05) is 147 Å². The quantitative estimate of drug-likeness (QED) is 0.183. The van der Waals surface area contributed by atoms with Gasteiger partial charge in [-0.3, -0.25) is 0 Å². The van der Waals surface area contributed by atoms with Crippen molar-refractivity contribution in [3.05, 3.63) is 145 Å². The predicted octanol–water partition coefficient (Wildman–Crippen LogP) is 11.1. The molecule has 10 heteroatoms. The Kier molecular flexibility index (Phi) is 7.05. The number of aromatic nitrogens is 8. The Labute approximate surface area is 319 Å². The molecular weight excluding hydrogens is 697 g/mol. The van der Waals surface area contributed by atoms with E-state index in [0.717, 1.165) is 66.4 Å². The molecule has 8 bridgehead atoms. The van der Waals surface area contributed by atoms with E-state index in [-0.39, 0.29) is 0 Å². The van der Waals surface area contributed by atoms with Crippen molar-refractivity contribution in [1.29, 1.82) is 0 Å². The van der Waals surface area contributed by atoms with Gasteiger partial charge in [0.1, 0.15) is 45.6 Å². The van der Waals surface area contributed by atoms with E-state index >= 15 is 0 Å². The van der Waals surface area contributed by atoms with Crippen LogP contribution in [-0.2, 0) is 0 Å². The van der Waals surface area contributed by atoms with Crippen LogP contribution in [0.25, 0.3) is 89.7 Å². The number of fused-ring (bicyclic) bond motifs is 20. The van der Waals surface area contributed by atoms with Crippen molar-refractivity contribution in [1.82, 2.24) is 39.9 Å². The van der Waals surface area contributed by atoms with Crippen LogP contribution in [0.4, 0.5) is 0 Å². The highest BCUT2D eigenvalue weighted by molar-refractivity contribution is 6.06. The fraction of sp³-hybridized carbons (Fsp3) is 0.0435. The van der Waals surface area contributed by atoms with Gasteiger partial charge in [0.25, 0.3) is 0 Å². The molecule has 9 aromatic rings. The monoisotopic (exact) mass is 726 g/mol. The van der Waals surface area contributed by atoms with Gasteiger partial charge in [-0.1, -0.05) is 72.8 Å². The highest BCUT2D eigenvalue weighted by Crippen LogP contribution is 2.40. The maximum Gasteiger partial charge on any atom is 0.164 e. The van der Waals surface area contributed by atoms with Crippen molar-refractivity contribution in [3.8, 4) is 68.5 Å². The molecule has 5 heterocycles. The molecule has 2 N–H and O–H groups in total. The van der Waals surface area contributed by atoms with Crippen LogP contribution < -0.4 is 9.47 Å². The fourth-order valence-electron chi connectivity index (χ4n) is 7.41.